The molecule has 84 valence electrons. The maximum absolute atomic E-state index is 6.07. The molecule has 0 spiro atoms. The zero-order valence-electron chi connectivity index (χ0n) is 9.35. The van der Waals surface area contributed by atoms with Crippen LogP contribution in [0, 0.1) is 0 Å². The summed E-state index contributed by atoms with van der Waals surface area (Å²) < 4.78 is 0. The molecular formula is C11H16Cl2N2. The largest absolute Gasteiger partial charge is 0.221 e. The molecular weight excluding hydrogens is 231 g/mol. The quantitative estimate of drug-likeness (QED) is 0.743. The van der Waals surface area contributed by atoms with Gasteiger partial charge in [0, 0.05) is 12.0 Å². The number of aryl methyl sites for hydroxylation is 1. The van der Waals surface area contributed by atoms with Gasteiger partial charge in [0.05, 0.1) is 0 Å². The fourth-order valence-corrected chi connectivity index (χ4v) is 2.24. The highest BCUT2D eigenvalue weighted by Crippen LogP contribution is 2.28. The SMILES string of the molecule is CCCCc1nc(Cl)c(C(C)C)c(Cl)n1. The first-order chi connectivity index (χ1) is 7.06. The molecule has 0 saturated heterocycles. The van der Waals surface area contributed by atoms with E-state index < -0.39 is 0 Å². The van der Waals surface area contributed by atoms with Gasteiger partial charge in [-0.05, 0) is 12.3 Å². The van der Waals surface area contributed by atoms with E-state index in [1.807, 2.05) is 13.8 Å². The van der Waals surface area contributed by atoms with Crippen LogP contribution in [-0.2, 0) is 6.42 Å². The Bertz CT molecular complexity index is 314. The Morgan fingerprint density at radius 1 is 1.13 bits per heavy atom. The van der Waals surface area contributed by atoms with E-state index in [1.165, 1.54) is 0 Å². The van der Waals surface area contributed by atoms with Crippen LogP contribution >= 0.6 is 23.2 Å². The van der Waals surface area contributed by atoms with E-state index in [0.29, 0.717) is 10.3 Å². The van der Waals surface area contributed by atoms with Gasteiger partial charge in [0.15, 0.2) is 0 Å². The van der Waals surface area contributed by atoms with Gasteiger partial charge in [-0.25, -0.2) is 9.97 Å². The van der Waals surface area contributed by atoms with Crippen LogP contribution < -0.4 is 0 Å². The van der Waals surface area contributed by atoms with E-state index in [0.717, 1.165) is 30.7 Å². The molecule has 15 heavy (non-hydrogen) atoms. The van der Waals surface area contributed by atoms with Crippen LogP contribution in [-0.4, -0.2) is 9.97 Å². The third-order valence-corrected chi connectivity index (χ3v) is 2.81. The number of unbranched alkanes of at least 4 members (excludes halogenated alkanes) is 1. The summed E-state index contributed by atoms with van der Waals surface area (Å²) in [4.78, 5) is 8.53. The van der Waals surface area contributed by atoms with Gasteiger partial charge in [-0.15, -0.1) is 0 Å². The second kappa shape index (κ2) is 5.66. The first kappa shape index (κ1) is 12.7. The molecule has 1 aromatic rings. The van der Waals surface area contributed by atoms with Crippen LogP contribution in [0.4, 0.5) is 0 Å². The molecule has 0 aliphatic heterocycles. The monoisotopic (exact) mass is 246 g/mol. The molecule has 0 fully saturated rings. The summed E-state index contributed by atoms with van der Waals surface area (Å²) >= 11 is 12.1. The maximum Gasteiger partial charge on any atom is 0.137 e. The third kappa shape index (κ3) is 3.32. The minimum absolute atomic E-state index is 0.255. The van der Waals surface area contributed by atoms with E-state index in [9.17, 15) is 0 Å². The Morgan fingerprint density at radius 3 is 2.07 bits per heavy atom. The normalized spacial score (nSPS) is 11.1. The second-order valence-corrected chi connectivity index (χ2v) is 4.61. The van der Waals surface area contributed by atoms with Crippen LogP contribution in [0.3, 0.4) is 0 Å². The van der Waals surface area contributed by atoms with E-state index in [-0.39, 0.29) is 5.92 Å². The van der Waals surface area contributed by atoms with Crippen LogP contribution in [0.1, 0.15) is 50.9 Å². The molecule has 1 rings (SSSR count). The average Bonchev–Trinajstić information content (AvgIpc) is 2.12. The maximum atomic E-state index is 6.07. The highest BCUT2D eigenvalue weighted by atomic mass is 35.5. The molecule has 0 aliphatic carbocycles. The van der Waals surface area contributed by atoms with Crippen LogP contribution in [0.25, 0.3) is 0 Å². The number of halogens is 2. The highest BCUT2D eigenvalue weighted by molar-refractivity contribution is 6.34. The molecule has 0 atom stereocenters. The molecule has 0 N–H and O–H groups in total. The summed E-state index contributed by atoms with van der Waals surface area (Å²) in [6.45, 7) is 6.19. The summed E-state index contributed by atoms with van der Waals surface area (Å²) in [6, 6.07) is 0. The van der Waals surface area contributed by atoms with E-state index in [4.69, 9.17) is 23.2 Å². The number of hydrogen-bond donors (Lipinski definition) is 0. The van der Waals surface area contributed by atoms with Gasteiger partial charge in [0.2, 0.25) is 0 Å². The van der Waals surface area contributed by atoms with Crippen molar-refractivity contribution >= 4 is 23.2 Å². The van der Waals surface area contributed by atoms with Crippen molar-refractivity contribution in [3.05, 3.63) is 21.7 Å². The van der Waals surface area contributed by atoms with Crippen molar-refractivity contribution in [1.29, 1.82) is 0 Å². The van der Waals surface area contributed by atoms with Gasteiger partial charge >= 0.3 is 0 Å². The van der Waals surface area contributed by atoms with Crippen molar-refractivity contribution in [2.75, 3.05) is 0 Å². The van der Waals surface area contributed by atoms with Gasteiger partial charge in [-0.1, -0.05) is 50.4 Å². The number of nitrogens with zero attached hydrogens (tertiary/aromatic N) is 2. The third-order valence-electron chi connectivity index (χ3n) is 2.23. The zero-order chi connectivity index (χ0) is 11.4. The van der Waals surface area contributed by atoms with Crippen molar-refractivity contribution in [2.24, 2.45) is 0 Å². The molecule has 0 aromatic carbocycles. The van der Waals surface area contributed by atoms with Gasteiger partial charge in [-0.2, -0.15) is 0 Å². The highest BCUT2D eigenvalue weighted by Gasteiger charge is 2.14. The summed E-state index contributed by atoms with van der Waals surface area (Å²) in [7, 11) is 0. The van der Waals surface area contributed by atoms with E-state index in [1.54, 1.807) is 0 Å². The molecule has 0 bridgehead atoms. The van der Waals surface area contributed by atoms with Crippen LogP contribution in [0.5, 0.6) is 0 Å². The molecule has 0 aliphatic rings. The average molecular weight is 247 g/mol. The van der Waals surface area contributed by atoms with Gasteiger partial charge in [0.1, 0.15) is 16.1 Å². The minimum atomic E-state index is 0.255. The molecule has 4 heteroatoms. The Hall–Kier alpha value is -0.340. The van der Waals surface area contributed by atoms with Crippen molar-refractivity contribution in [1.82, 2.24) is 9.97 Å². The Labute approximate surface area is 101 Å². The molecule has 2 nitrogen and oxygen atoms in total. The summed E-state index contributed by atoms with van der Waals surface area (Å²) in [6.07, 6.45) is 3.02. The Balaban J connectivity index is 2.97. The van der Waals surface area contributed by atoms with Crippen molar-refractivity contribution < 1.29 is 0 Å². The summed E-state index contributed by atoms with van der Waals surface area (Å²) in [5.41, 5.74) is 0.846. The van der Waals surface area contributed by atoms with Crippen molar-refractivity contribution in [3.63, 3.8) is 0 Å². The topological polar surface area (TPSA) is 25.8 Å². The predicted molar refractivity (Wildman–Crippen MR) is 64.8 cm³/mol. The lowest BCUT2D eigenvalue weighted by atomic mass is 10.1. The molecule has 0 radical (unpaired) electrons. The fraction of sp³-hybridized carbons (Fsp3) is 0.636. The molecule has 0 unspecified atom stereocenters. The van der Waals surface area contributed by atoms with Gasteiger partial charge < -0.3 is 0 Å². The fourth-order valence-electron chi connectivity index (χ4n) is 1.38. The number of rotatable bonds is 4. The van der Waals surface area contributed by atoms with Crippen LogP contribution in [0.15, 0.2) is 0 Å². The second-order valence-electron chi connectivity index (χ2n) is 3.89. The smallest absolute Gasteiger partial charge is 0.137 e. The van der Waals surface area contributed by atoms with E-state index in [2.05, 4.69) is 16.9 Å². The first-order valence-corrected chi connectivity index (χ1v) is 6.03. The van der Waals surface area contributed by atoms with Gasteiger partial charge in [-0.3, -0.25) is 0 Å². The predicted octanol–water partition coefficient (Wildman–Crippen LogP) is 4.25. The summed E-state index contributed by atoms with van der Waals surface area (Å²) in [5.74, 6) is 1.00. The lowest BCUT2D eigenvalue weighted by molar-refractivity contribution is 0.742. The van der Waals surface area contributed by atoms with Crippen molar-refractivity contribution in [2.45, 2.75) is 46.0 Å². The van der Waals surface area contributed by atoms with E-state index >= 15 is 0 Å². The van der Waals surface area contributed by atoms with Gasteiger partial charge in [0.25, 0.3) is 0 Å². The van der Waals surface area contributed by atoms with Crippen LogP contribution in [0.2, 0.25) is 10.3 Å². The Kier molecular flexibility index (Phi) is 4.81. The van der Waals surface area contributed by atoms with Crippen molar-refractivity contribution in [3.8, 4) is 0 Å². The molecule has 0 saturated carbocycles. The zero-order valence-corrected chi connectivity index (χ0v) is 10.9. The molecule has 1 heterocycles. The molecule has 0 amide bonds. The number of hydrogen-bond acceptors (Lipinski definition) is 2. The minimum Gasteiger partial charge on any atom is -0.221 e. The Morgan fingerprint density at radius 2 is 1.67 bits per heavy atom. The first-order valence-electron chi connectivity index (χ1n) is 5.28. The lowest BCUT2D eigenvalue weighted by Gasteiger charge is -2.10. The summed E-state index contributed by atoms with van der Waals surface area (Å²) in [5, 5.41) is 0.993. The molecule has 1 aromatic heterocycles. The standard InChI is InChI=1S/C11H16Cl2N2/c1-4-5-6-8-14-10(12)9(7(2)3)11(13)15-8/h7H,4-6H2,1-3H3. The lowest BCUT2D eigenvalue weighted by Crippen LogP contribution is -2.02. The number of aromatic nitrogens is 2.